The van der Waals surface area contributed by atoms with Gasteiger partial charge in [-0.3, -0.25) is 19.7 Å². The number of benzene rings is 2. The number of nitro groups is 1. The van der Waals surface area contributed by atoms with Gasteiger partial charge in [-0.05, 0) is 23.8 Å². The number of non-ortho nitro benzene ring substituents is 1. The van der Waals surface area contributed by atoms with Crippen molar-refractivity contribution in [3.05, 3.63) is 81.5 Å². The lowest BCUT2D eigenvalue weighted by Crippen LogP contribution is -2.34. The molecule has 0 radical (unpaired) electrons. The van der Waals surface area contributed by atoms with Crippen LogP contribution in [0, 0.1) is 10.1 Å². The summed E-state index contributed by atoms with van der Waals surface area (Å²) in [6.45, 7) is 0. The second-order valence-corrected chi connectivity index (χ2v) is 5.43. The molecule has 0 saturated heterocycles. The van der Waals surface area contributed by atoms with Crippen LogP contribution in [0.15, 0.2) is 60.3 Å². The van der Waals surface area contributed by atoms with Crippen LogP contribution in [-0.4, -0.2) is 35.7 Å². The summed E-state index contributed by atoms with van der Waals surface area (Å²) in [7, 11) is 3.11. The number of nitrogens with one attached hydrogen (secondary N) is 1. The lowest BCUT2D eigenvalue weighted by Gasteiger charge is -2.15. The maximum atomic E-state index is 12.3. The Morgan fingerprint density at radius 1 is 1.08 bits per heavy atom. The zero-order valence-corrected chi connectivity index (χ0v) is 13.8. The molecule has 0 heterocycles. The molecule has 0 fully saturated rings. The number of hydrogen-bond acceptors (Lipinski definition) is 4. The highest BCUT2D eigenvalue weighted by Gasteiger charge is 2.16. The van der Waals surface area contributed by atoms with Crippen LogP contribution in [0.4, 0.5) is 5.69 Å². The molecule has 0 unspecified atom stereocenters. The van der Waals surface area contributed by atoms with E-state index in [9.17, 15) is 19.7 Å². The van der Waals surface area contributed by atoms with Crippen LogP contribution >= 0.6 is 0 Å². The molecule has 0 aliphatic rings. The number of hydrogen-bond donors (Lipinski definition) is 1. The van der Waals surface area contributed by atoms with E-state index in [0.29, 0.717) is 11.1 Å². The van der Waals surface area contributed by atoms with E-state index < -0.39 is 16.7 Å². The van der Waals surface area contributed by atoms with Crippen molar-refractivity contribution in [2.24, 2.45) is 0 Å². The first-order valence-corrected chi connectivity index (χ1v) is 7.42. The SMILES string of the molecule is CN(C)C(=O)/C(=C\c1cccc([N+](=O)[O-])c1)NC(=O)c1ccccc1. The Labute approximate surface area is 144 Å². The molecule has 0 bridgehead atoms. The summed E-state index contributed by atoms with van der Waals surface area (Å²) in [6.07, 6.45) is 1.41. The van der Waals surface area contributed by atoms with Crippen LogP contribution in [0.2, 0.25) is 0 Å². The third kappa shape index (κ3) is 4.74. The van der Waals surface area contributed by atoms with Crippen LogP contribution in [-0.2, 0) is 4.79 Å². The lowest BCUT2D eigenvalue weighted by molar-refractivity contribution is -0.384. The van der Waals surface area contributed by atoms with E-state index in [1.807, 2.05) is 0 Å². The predicted molar refractivity (Wildman–Crippen MR) is 93.7 cm³/mol. The normalized spacial score (nSPS) is 10.9. The number of nitrogens with zero attached hydrogens (tertiary/aromatic N) is 2. The number of amides is 2. The topological polar surface area (TPSA) is 92.6 Å². The second-order valence-electron chi connectivity index (χ2n) is 5.43. The molecule has 0 saturated carbocycles. The van der Waals surface area contributed by atoms with Gasteiger partial charge in [-0.2, -0.15) is 0 Å². The van der Waals surface area contributed by atoms with Gasteiger partial charge in [-0.25, -0.2) is 0 Å². The van der Waals surface area contributed by atoms with Crippen LogP contribution in [0.1, 0.15) is 15.9 Å². The molecule has 2 aromatic rings. The van der Waals surface area contributed by atoms with Crippen molar-refractivity contribution in [2.75, 3.05) is 14.1 Å². The first-order chi connectivity index (χ1) is 11.9. The number of likely N-dealkylation sites (N-methyl/N-ethyl adjacent to an activating group) is 1. The second kappa shape index (κ2) is 7.87. The minimum absolute atomic E-state index is 0.0272. The quantitative estimate of drug-likeness (QED) is 0.514. The first-order valence-electron chi connectivity index (χ1n) is 7.42. The van der Waals surface area contributed by atoms with Gasteiger partial charge in [0.15, 0.2) is 0 Å². The zero-order valence-electron chi connectivity index (χ0n) is 13.8. The summed E-state index contributed by atoms with van der Waals surface area (Å²) in [4.78, 5) is 36.3. The number of carbonyl (C=O) groups excluding carboxylic acids is 2. The van der Waals surface area contributed by atoms with Crippen molar-refractivity contribution in [1.29, 1.82) is 0 Å². The van der Waals surface area contributed by atoms with Gasteiger partial charge < -0.3 is 10.2 Å². The summed E-state index contributed by atoms with van der Waals surface area (Å²) in [5, 5.41) is 13.5. The van der Waals surface area contributed by atoms with Crippen molar-refractivity contribution in [2.45, 2.75) is 0 Å². The van der Waals surface area contributed by atoms with Gasteiger partial charge in [0.1, 0.15) is 5.70 Å². The molecule has 0 atom stereocenters. The van der Waals surface area contributed by atoms with Crippen LogP contribution in [0.3, 0.4) is 0 Å². The van der Waals surface area contributed by atoms with Crippen molar-refractivity contribution >= 4 is 23.6 Å². The average molecular weight is 339 g/mol. The van der Waals surface area contributed by atoms with E-state index in [2.05, 4.69) is 5.32 Å². The number of carbonyl (C=O) groups is 2. The molecule has 7 heteroatoms. The molecule has 7 nitrogen and oxygen atoms in total. The van der Waals surface area contributed by atoms with Crippen molar-refractivity contribution in [3.8, 4) is 0 Å². The van der Waals surface area contributed by atoms with Crippen molar-refractivity contribution < 1.29 is 14.5 Å². The Kier molecular flexibility index (Phi) is 5.62. The van der Waals surface area contributed by atoms with Crippen molar-refractivity contribution in [1.82, 2.24) is 10.2 Å². The summed E-state index contributed by atoms with van der Waals surface area (Å²) in [5.74, 6) is -0.858. The van der Waals surface area contributed by atoms with Crippen LogP contribution in [0.5, 0.6) is 0 Å². The molecular formula is C18H17N3O4. The molecular weight excluding hydrogens is 322 g/mol. The molecule has 25 heavy (non-hydrogen) atoms. The fourth-order valence-corrected chi connectivity index (χ4v) is 2.07. The minimum atomic E-state index is -0.521. The van der Waals surface area contributed by atoms with Crippen molar-refractivity contribution in [3.63, 3.8) is 0 Å². The fourth-order valence-electron chi connectivity index (χ4n) is 2.07. The first kappa shape index (κ1) is 17.9. The van der Waals surface area contributed by atoms with Gasteiger partial charge >= 0.3 is 0 Å². The summed E-state index contributed by atoms with van der Waals surface area (Å²) >= 11 is 0. The maximum absolute atomic E-state index is 12.3. The zero-order chi connectivity index (χ0) is 18.4. The highest BCUT2D eigenvalue weighted by molar-refractivity contribution is 6.05. The largest absolute Gasteiger partial charge is 0.344 e. The summed E-state index contributed by atoms with van der Waals surface area (Å²) < 4.78 is 0. The van der Waals surface area contributed by atoms with Crippen LogP contribution < -0.4 is 5.32 Å². The molecule has 0 spiro atoms. The predicted octanol–water partition coefficient (Wildman–Crippen LogP) is 2.45. The smallest absolute Gasteiger partial charge is 0.270 e. The Balaban J connectivity index is 2.36. The third-order valence-electron chi connectivity index (χ3n) is 3.31. The molecule has 2 rings (SSSR count). The minimum Gasteiger partial charge on any atom is -0.344 e. The van der Waals surface area contributed by atoms with E-state index in [4.69, 9.17) is 0 Å². The third-order valence-corrected chi connectivity index (χ3v) is 3.31. The van der Waals surface area contributed by atoms with E-state index in [1.54, 1.807) is 50.5 Å². The maximum Gasteiger partial charge on any atom is 0.270 e. The molecule has 2 aromatic carbocycles. The summed E-state index contributed by atoms with van der Waals surface area (Å²) in [5.41, 5.74) is 0.769. The molecule has 128 valence electrons. The van der Waals surface area contributed by atoms with Gasteiger partial charge in [0, 0.05) is 31.8 Å². The monoisotopic (exact) mass is 339 g/mol. The van der Waals surface area contributed by atoms with E-state index in [-0.39, 0.29) is 11.4 Å². The lowest BCUT2D eigenvalue weighted by atomic mass is 10.1. The summed E-state index contributed by atoms with van der Waals surface area (Å²) in [6, 6.07) is 14.3. The fraction of sp³-hybridized carbons (Fsp3) is 0.111. The highest BCUT2D eigenvalue weighted by Crippen LogP contribution is 2.16. The number of nitro benzene ring substituents is 1. The van der Waals surface area contributed by atoms with E-state index in [0.717, 1.165) is 0 Å². The molecule has 0 aliphatic carbocycles. The van der Waals surface area contributed by atoms with Gasteiger partial charge in [0.2, 0.25) is 0 Å². The Bertz CT molecular complexity index is 829. The van der Waals surface area contributed by atoms with Crippen LogP contribution in [0.25, 0.3) is 6.08 Å². The van der Waals surface area contributed by atoms with Gasteiger partial charge in [-0.1, -0.05) is 30.3 Å². The highest BCUT2D eigenvalue weighted by atomic mass is 16.6. The standard InChI is InChI=1S/C18H17N3O4/c1-20(2)18(23)16(19-17(22)14-8-4-3-5-9-14)12-13-7-6-10-15(11-13)21(24)25/h3-12H,1-2H3,(H,19,22)/b16-12+. The molecule has 1 N–H and O–H groups in total. The van der Waals surface area contributed by atoms with E-state index in [1.165, 1.54) is 29.2 Å². The Hall–Kier alpha value is -3.48. The molecule has 2 amide bonds. The van der Waals surface area contributed by atoms with Gasteiger partial charge in [-0.15, -0.1) is 0 Å². The Morgan fingerprint density at radius 3 is 2.36 bits per heavy atom. The van der Waals surface area contributed by atoms with E-state index >= 15 is 0 Å². The molecule has 0 aromatic heterocycles. The number of rotatable bonds is 5. The average Bonchev–Trinajstić information content (AvgIpc) is 2.61. The van der Waals surface area contributed by atoms with Gasteiger partial charge in [0.05, 0.1) is 4.92 Å². The Morgan fingerprint density at radius 2 is 1.76 bits per heavy atom. The molecule has 0 aliphatic heterocycles. The van der Waals surface area contributed by atoms with Gasteiger partial charge in [0.25, 0.3) is 17.5 Å².